The van der Waals surface area contributed by atoms with Crippen molar-refractivity contribution in [3.05, 3.63) is 106 Å². The van der Waals surface area contributed by atoms with Gasteiger partial charge in [-0.3, -0.25) is 0 Å². The van der Waals surface area contributed by atoms with E-state index in [-0.39, 0.29) is 13.1 Å². The van der Waals surface area contributed by atoms with Crippen molar-refractivity contribution in [1.82, 2.24) is 0 Å². The smallest absolute Gasteiger partial charge is 0.344 e. The van der Waals surface area contributed by atoms with E-state index in [2.05, 4.69) is 0 Å². The molecule has 0 fully saturated rings. The van der Waals surface area contributed by atoms with Crippen molar-refractivity contribution >= 4 is 28.7 Å². The Labute approximate surface area is 266 Å². The summed E-state index contributed by atoms with van der Waals surface area (Å²) in [6.07, 6.45) is -0.565. The van der Waals surface area contributed by atoms with Crippen molar-refractivity contribution in [2.45, 2.75) is 83.0 Å². The minimum Gasteiger partial charge on any atom is -0.344 e. The summed E-state index contributed by atoms with van der Waals surface area (Å²) in [6, 6.07) is 15.1. The Balaban J connectivity index is 1.49. The maximum absolute atomic E-state index is 13.3. The second-order valence-electron chi connectivity index (χ2n) is 13.0. The number of halogens is 7. The molecule has 3 aliphatic rings. The van der Waals surface area contributed by atoms with Gasteiger partial charge in [0, 0.05) is 46.1 Å². The Kier molecular flexibility index (Phi) is 8.95. The Hall–Kier alpha value is -3.26. The molecule has 2 aromatic carbocycles. The lowest BCUT2D eigenvalue weighted by Gasteiger charge is -2.27. The third-order valence-corrected chi connectivity index (χ3v) is 9.66. The number of allylic oxidation sites excluding steroid dienone is 8. The highest BCUT2D eigenvalue weighted by Gasteiger charge is 2.45. The third kappa shape index (κ3) is 6.81. The SMILES string of the molecule is CC1(C)C(/C=C/C2=C(Cl)C(=C/C=C3/N(CCC(F)(F)F)c4ccccc4C3(C)C)/CCC2)=[N+](CCC(F)(F)F)c2ccccc21. The van der Waals surface area contributed by atoms with Crippen LogP contribution >= 0.6 is 11.6 Å². The van der Waals surface area contributed by atoms with Crippen LogP contribution in [0.3, 0.4) is 0 Å². The summed E-state index contributed by atoms with van der Waals surface area (Å²) in [5, 5.41) is 0.570. The predicted molar refractivity (Wildman–Crippen MR) is 169 cm³/mol. The lowest BCUT2D eigenvalue weighted by atomic mass is 9.81. The molecule has 1 aliphatic carbocycles. The van der Waals surface area contributed by atoms with E-state index in [9.17, 15) is 26.3 Å². The number of alkyl halides is 6. The Morgan fingerprint density at radius 3 is 2.13 bits per heavy atom. The molecule has 2 heterocycles. The van der Waals surface area contributed by atoms with E-state index in [0.717, 1.165) is 51.5 Å². The number of hydrogen-bond acceptors (Lipinski definition) is 1. The molecule has 0 N–H and O–H groups in total. The molecule has 0 amide bonds. The van der Waals surface area contributed by atoms with E-state index in [1.165, 1.54) is 0 Å². The number of hydrogen-bond donors (Lipinski definition) is 0. The molecule has 0 saturated heterocycles. The van der Waals surface area contributed by atoms with Crippen LogP contribution in [0.1, 0.15) is 70.9 Å². The molecular weight excluding hydrogens is 610 g/mol. The Morgan fingerprint density at radius 1 is 0.800 bits per heavy atom. The van der Waals surface area contributed by atoms with Crippen LogP contribution in [0.15, 0.2) is 94.7 Å². The highest BCUT2D eigenvalue weighted by molar-refractivity contribution is 6.32. The number of benzene rings is 2. The zero-order chi connectivity index (χ0) is 32.8. The van der Waals surface area contributed by atoms with E-state index < -0.39 is 36.0 Å². The van der Waals surface area contributed by atoms with Crippen molar-refractivity contribution in [3.8, 4) is 0 Å². The first kappa shape index (κ1) is 33.1. The van der Waals surface area contributed by atoms with Gasteiger partial charge in [-0.15, -0.1) is 0 Å². The molecule has 0 saturated carbocycles. The Bertz CT molecular complexity index is 1620. The second-order valence-corrected chi connectivity index (χ2v) is 13.4. The van der Waals surface area contributed by atoms with Gasteiger partial charge in [0.1, 0.15) is 6.42 Å². The molecule has 0 radical (unpaired) electrons. The largest absolute Gasteiger partial charge is 0.395 e. The topological polar surface area (TPSA) is 6.25 Å². The van der Waals surface area contributed by atoms with Crippen molar-refractivity contribution in [2.24, 2.45) is 0 Å². The van der Waals surface area contributed by atoms with Crippen LogP contribution in [0.2, 0.25) is 0 Å². The second kappa shape index (κ2) is 12.2. The molecule has 2 aliphatic heterocycles. The van der Waals surface area contributed by atoms with Gasteiger partial charge in [0.25, 0.3) is 0 Å². The summed E-state index contributed by atoms with van der Waals surface area (Å²) in [5.41, 5.74) is 5.78. The van der Waals surface area contributed by atoms with Crippen LogP contribution in [-0.4, -0.2) is 35.7 Å². The van der Waals surface area contributed by atoms with Gasteiger partial charge in [-0.05, 0) is 62.0 Å². The van der Waals surface area contributed by atoms with Gasteiger partial charge in [-0.2, -0.15) is 30.9 Å². The first-order valence-electron chi connectivity index (χ1n) is 15.2. The minimum atomic E-state index is -4.28. The van der Waals surface area contributed by atoms with E-state index in [0.29, 0.717) is 17.9 Å². The minimum absolute atomic E-state index is 0.182. The maximum Gasteiger partial charge on any atom is 0.395 e. The van der Waals surface area contributed by atoms with Gasteiger partial charge < -0.3 is 4.90 Å². The lowest BCUT2D eigenvalue weighted by Crippen LogP contribution is -2.29. The number of anilines is 1. The van der Waals surface area contributed by atoms with Crippen molar-refractivity contribution in [1.29, 1.82) is 0 Å². The molecule has 0 aromatic heterocycles. The normalized spacial score (nSPS) is 21.4. The fraction of sp³-hybridized carbons (Fsp3) is 0.417. The molecule has 9 heteroatoms. The molecule has 2 aromatic rings. The van der Waals surface area contributed by atoms with Gasteiger partial charge in [-0.1, -0.05) is 74.0 Å². The van der Waals surface area contributed by atoms with Gasteiger partial charge in [0.15, 0.2) is 12.3 Å². The molecule has 2 nitrogen and oxygen atoms in total. The molecule has 0 spiro atoms. The highest BCUT2D eigenvalue weighted by atomic mass is 35.5. The summed E-state index contributed by atoms with van der Waals surface area (Å²) in [5.74, 6) is 0. The van der Waals surface area contributed by atoms with Crippen LogP contribution < -0.4 is 4.90 Å². The van der Waals surface area contributed by atoms with Gasteiger partial charge >= 0.3 is 12.4 Å². The molecule has 0 atom stereocenters. The molecule has 240 valence electrons. The average molecular weight is 648 g/mol. The summed E-state index contributed by atoms with van der Waals surface area (Å²) in [4.78, 5) is 1.76. The lowest BCUT2D eigenvalue weighted by molar-refractivity contribution is -0.446. The van der Waals surface area contributed by atoms with E-state index in [1.807, 2.05) is 101 Å². The van der Waals surface area contributed by atoms with Crippen molar-refractivity contribution in [3.63, 3.8) is 0 Å². The first-order chi connectivity index (χ1) is 21.0. The number of para-hydroxylation sites is 2. The van der Waals surface area contributed by atoms with Crippen LogP contribution in [0.5, 0.6) is 0 Å². The van der Waals surface area contributed by atoms with Crippen LogP contribution in [0.4, 0.5) is 37.7 Å². The number of fused-ring (bicyclic) bond motifs is 2. The van der Waals surface area contributed by atoms with Gasteiger partial charge in [-0.25, -0.2) is 0 Å². The zero-order valence-corrected chi connectivity index (χ0v) is 26.7. The molecule has 0 unspecified atom stereocenters. The quantitative estimate of drug-likeness (QED) is 0.214. The summed E-state index contributed by atoms with van der Waals surface area (Å²) < 4.78 is 81.3. The zero-order valence-electron chi connectivity index (χ0n) is 25.9. The van der Waals surface area contributed by atoms with Crippen LogP contribution in [0.25, 0.3) is 0 Å². The van der Waals surface area contributed by atoms with Crippen LogP contribution in [0, 0.1) is 0 Å². The monoisotopic (exact) mass is 647 g/mol. The highest BCUT2D eigenvalue weighted by Crippen LogP contribution is 2.48. The van der Waals surface area contributed by atoms with Gasteiger partial charge in [0.2, 0.25) is 5.69 Å². The van der Waals surface area contributed by atoms with Crippen LogP contribution in [-0.2, 0) is 10.8 Å². The summed E-state index contributed by atoms with van der Waals surface area (Å²) in [6.45, 7) is 7.69. The maximum atomic E-state index is 13.3. The first-order valence-corrected chi connectivity index (χ1v) is 15.6. The van der Waals surface area contributed by atoms with E-state index >= 15 is 0 Å². The fourth-order valence-corrected chi connectivity index (χ4v) is 7.12. The fourth-order valence-electron chi connectivity index (χ4n) is 6.81. The third-order valence-electron chi connectivity index (χ3n) is 9.18. The van der Waals surface area contributed by atoms with Crippen molar-refractivity contribution in [2.75, 3.05) is 18.0 Å². The average Bonchev–Trinajstić information content (AvgIpc) is 3.31. The van der Waals surface area contributed by atoms with E-state index in [1.54, 1.807) is 9.48 Å². The number of rotatable bonds is 7. The molecular formula is C36H38ClF6N2+. The Morgan fingerprint density at radius 2 is 1.44 bits per heavy atom. The summed E-state index contributed by atoms with van der Waals surface area (Å²) >= 11 is 6.95. The predicted octanol–water partition coefficient (Wildman–Crippen LogP) is 10.8. The standard InChI is InChI=1S/C36H38ClF6N2/c1-33(2)26-12-5-7-14-28(26)44(22-20-35(38,39)40)30(33)18-16-24-10-9-11-25(32(24)37)17-19-31-34(3,4)27-13-6-8-15-29(27)45(31)23-21-36(41,42)43/h5-8,12-19H,9-11,20-23H2,1-4H3/q+1. The number of nitrogens with zero attached hydrogens (tertiary/aromatic N) is 2. The van der Waals surface area contributed by atoms with Crippen molar-refractivity contribution < 1.29 is 30.9 Å². The molecule has 45 heavy (non-hydrogen) atoms. The van der Waals surface area contributed by atoms with Gasteiger partial charge in [0.05, 0.1) is 11.8 Å². The molecule has 0 bridgehead atoms. The summed E-state index contributed by atoms with van der Waals surface area (Å²) in [7, 11) is 0. The van der Waals surface area contributed by atoms with E-state index in [4.69, 9.17) is 11.6 Å². The molecule has 5 rings (SSSR count).